The number of halogens is 1. The molecule has 1 aromatic carbocycles. The Hall–Kier alpha value is -3.37. The van der Waals surface area contributed by atoms with Gasteiger partial charge >= 0.3 is 0 Å². The maximum absolute atomic E-state index is 13.1. The predicted molar refractivity (Wildman–Crippen MR) is 141 cm³/mol. The Morgan fingerprint density at radius 2 is 1.86 bits per heavy atom. The molecule has 2 aromatic rings. The first-order valence-corrected chi connectivity index (χ1v) is 12.9. The summed E-state index contributed by atoms with van der Waals surface area (Å²) in [5.74, 6) is 0.0163. The van der Waals surface area contributed by atoms with E-state index in [4.69, 9.17) is 11.6 Å². The molecule has 0 atom stereocenters. The number of aromatic nitrogens is 1. The highest BCUT2D eigenvalue weighted by molar-refractivity contribution is 6.31. The van der Waals surface area contributed by atoms with E-state index in [9.17, 15) is 19.6 Å². The zero-order chi connectivity index (χ0) is 25.8. The highest BCUT2D eigenvalue weighted by Crippen LogP contribution is 2.32. The van der Waals surface area contributed by atoms with Crippen LogP contribution >= 0.6 is 11.6 Å². The van der Waals surface area contributed by atoms with Crippen LogP contribution < -0.4 is 10.9 Å². The number of hydrogen-bond acceptors (Lipinski definition) is 4. The smallest absolute Gasteiger partial charge is 0.255 e. The maximum Gasteiger partial charge on any atom is 0.255 e. The van der Waals surface area contributed by atoms with Gasteiger partial charge in [-0.25, -0.2) is 0 Å². The minimum Gasteiger partial charge on any atom is -0.342 e. The lowest BCUT2D eigenvalue weighted by atomic mass is 9.97. The summed E-state index contributed by atoms with van der Waals surface area (Å²) in [5, 5.41) is 12.9. The highest BCUT2D eigenvalue weighted by Gasteiger charge is 2.28. The van der Waals surface area contributed by atoms with Gasteiger partial charge in [0.2, 0.25) is 5.91 Å². The molecule has 2 aliphatic rings. The lowest BCUT2D eigenvalue weighted by Crippen LogP contribution is -2.39. The second-order valence-corrected chi connectivity index (χ2v) is 10.0. The van der Waals surface area contributed by atoms with Crippen molar-refractivity contribution in [2.24, 2.45) is 5.92 Å². The van der Waals surface area contributed by atoms with Gasteiger partial charge in [-0.1, -0.05) is 36.1 Å². The van der Waals surface area contributed by atoms with Crippen molar-refractivity contribution in [3.63, 3.8) is 0 Å². The van der Waals surface area contributed by atoms with E-state index in [2.05, 4.69) is 5.32 Å². The van der Waals surface area contributed by atoms with Crippen LogP contribution in [0.1, 0.15) is 72.6 Å². The highest BCUT2D eigenvalue weighted by atomic mass is 35.5. The fourth-order valence-corrected chi connectivity index (χ4v) is 5.48. The molecule has 2 fully saturated rings. The Bertz CT molecular complexity index is 1310. The van der Waals surface area contributed by atoms with Gasteiger partial charge in [-0.05, 0) is 68.9 Å². The Balaban J connectivity index is 1.55. The van der Waals surface area contributed by atoms with Gasteiger partial charge in [-0.15, -0.1) is 0 Å². The van der Waals surface area contributed by atoms with Gasteiger partial charge in [-0.2, -0.15) is 5.26 Å². The molecule has 1 N–H and O–H groups in total. The number of benzene rings is 1. The summed E-state index contributed by atoms with van der Waals surface area (Å²) in [6, 6.07) is 8.25. The zero-order valence-electron chi connectivity index (χ0n) is 20.8. The van der Waals surface area contributed by atoms with E-state index < -0.39 is 11.5 Å². The molecule has 8 heteroatoms. The lowest BCUT2D eigenvalue weighted by molar-refractivity contribution is -0.135. The van der Waals surface area contributed by atoms with Crippen molar-refractivity contribution in [1.29, 1.82) is 5.26 Å². The van der Waals surface area contributed by atoms with Crippen LogP contribution in [0.3, 0.4) is 0 Å². The molecular weight excluding hydrogens is 476 g/mol. The van der Waals surface area contributed by atoms with Gasteiger partial charge in [0.05, 0.1) is 5.69 Å². The van der Waals surface area contributed by atoms with Crippen molar-refractivity contribution >= 4 is 35.2 Å². The van der Waals surface area contributed by atoms with Crippen LogP contribution in [0.15, 0.2) is 34.6 Å². The number of carbonyl (C=O) groups excluding carboxylic acids is 2. The number of amides is 2. The largest absolute Gasteiger partial charge is 0.342 e. The Morgan fingerprint density at radius 1 is 1.17 bits per heavy atom. The third-order valence-corrected chi connectivity index (χ3v) is 7.39. The fourth-order valence-electron chi connectivity index (χ4n) is 5.20. The van der Waals surface area contributed by atoms with E-state index >= 15 is 0 Å². The first-order valence-electron chi connectivity index (χ1n) is 12.6. The van der Waals surface area contributed by atoms with E-state index in [1.807, 2.05) is 30.0 Å². The monoisotopic (exact) mass is 506 g/mol. The van der Waals surface area contributed by atoms with Crippen LogP contribution in [0.2, 0.25) is 5.02 Å². The van der Waals surface area contributed by atoms with Gasteiger partial charge in [0.1, 0.15) is 11.8 Å². The molecule has 1 aromatic heterocycles. The van der Waals surface area contributed by atoms with Crippen LogP contribution in [0.4, 0.5) is 5.69 Å². The van der Waals surface area contributed by atoms with Crippen LogP contribution in [0.25, 0.3) is 6.08 Å². The molecular formula is C28H31ClN4O3. The quantitative estimate of drug-likeness (QED) is 0.606. The summed E-state index contributed by atoms with van der Waals surface area (Å²) in [4.78, 5) is 40.2. The number of aryl methyl sites for hydroxylation is 1. The molecule has 0 unspecified atom stereocenters. The van der Waals surface area contributed by atoms with Crippen molar-refractivity contribution < 1.29 is 9.59 Å². The number of anilines is 1. The molecule has 1 saturated carbocycles. The van der Waals surface area contributed by atoms with Crippen molar-refractivity contribution in [2.45, 2.75) is 58.9 Å². The summed E-state index contributed by atoms with van der Waals surface area (Å²) in [5.41, 5.74) is 3.26. The van der Waals surface area contributed by atoms with Crippen molar-refractivity contribution in [2.75, 3.05) is 18.4 Å². The fraction of sp³-hybridized carbons (Fsp3) is 0.429. The molecule has 36 heavy (non-hydrogen) atoms. The number of carbonyl (C=O) groups is 2. The number of hydrogen-bond donors (Lipinski definition) is 1. The molecule has 2 amide bonds. The average Bonchev–Trinajstić information content (AvgIpc) is 3.40. The summed E-state index contributed by atoms with van der Waals surface area (Å²) in [7, 11) is 0. The summed E-state index contributed by atoms with van der Waals surface area (Å²) < 4.78 is 1.32. The van der Waals surface area contributed by atoms with Gasteiger partial charge in [0.15, 0.2) is 0 Å². The van der Waals surface area contributed by atoms with Crippen LogP contribution in [-0.2, 0) is 11.3 Å². The summed E-state index contributed by atoms with van der Waals surface area (Å²) in [6.07, 6.45) is 7.90. The van der Waals surface area contributed by atoms with Gasteiger partial charge < -0.3 is 14.8 Å². The SMILES string of the molecule is CCn1c(C#N)cc(C(=O)Nc2c(C)cc(Cl)cc2C=C2CCN(C(=O)C3CCCC3)CC2)cc1=O. The molecule has 0 radical (unpaired) electrons. The molecule has 2 heterocycles. The summed E-state index contributed by atoms with van der Waals surface area (Å²) in [6.45, 7) is 5.39. The lowest BCUT2D eigenvalue weighted by Gasteiger charge is -2.30. The van der Waals surface area contributed by atoms with E-state index in [0.29, 0.717) is 36.3 Å². The Kier molecular flexibility index (Phi) is 7.95. The topological polar surface area (TPSA) is 95.2 Å². The molecule has 0 spiro atoms. The van der Waals surface area contributed by atoms with E-state index in [0.717, 1.165) is 49.7 Å². The van der Waals surface area contributed by atoms with Crippen LogP contribution in [-0.4, -0.2) is 34.4 Å². The molecule has 1 aliphatic heterocycles. The number of piperidine rings is 1. The standard InChI is InChI=1S/C28H31ClN4O3/c1-3-33-24(17-30)15-22(16-25(33)34)27(35)31-26-18(2)12-23(29)14-21(26)13-19-8-10-32(11-9-19)28(36)20-6-4-5-7-20/h12-16,20H,3-11H2,1-2H3,(H,31,35). The van der Waals surface area contributed by atoms with Gasteiger partial charge in [0, 0.05) is 42.2 Å². The van der Waals surface area contributed by atoms with E-state index in [1.165, 1.54) is 22.3 Å². The average molecular weight is 507 g/mol. The number of likely N-dealkylation sites (tertiary alicyclic amines) is 1. The first kappa shape index (κ1) is 25.7. The van der Waals surface area contributed by atoms with Crippen LogP contribution in [0.5, 0.6) is 0 Å². The Morgan fingerprint density at radius 3 is 2.50 bits per heavy atom. The minimum absolute atomic E-state index is 0.132. The zero-order valence-corrected chi connectivity index (χ0v) is 21.5. The normalized spacial score (nSPS) is 16.1. The Labute approximate surface area is 216 Å². The van der Waals surface area contributed by atoms with Crippen LogP contribution in [0, 0.1) is 24.2 Å². The third-order valence-electron chi connectivity index (χ3n) is 7.17. The number of nitrogens with one attached hydrogen (secondary N) is 1. The van der Waals surface area contributed by atoms with Gasteiger partial charge in [0.25, 0.3) is 11.5 Å². The van der Waals surface area contributed by atoms with E-state index in [-0.39, 0.29) is 17.2 Å². The van der Waals surface area contributed by atoms with E-state index in [1.54, 1.807) is 13.0 Å². The molecule has 1 aliphatic carbocycles. The predicted octanol–water partition coefficient (Wildman–Crippen LogP) is 5.15. The number of nitrogens with zero attached hydrogens (tertiary/aromatic N) is 3. The molecule has 1 saturated heterocycles. The number of nitriles is 1. The molecule has 188 valence electrons. The molecule has 4 rings (SSSR count). The second-order valence-electron chi connectivity index (χ2n) is 9.57. The van der Waals surface area contributed by atoms with Crippen molar-refractivity contribution in [3.05, 3.63) is 67.6 Å². The maximum atomic E-state index is 13.1. The number of pyridine rings is 1. The first-order chi connectivity index (χ1) is 17.3. The third kappa shape index (κ3) is 5.55. The molecule has 0 bridgehead atoms. The minimum atomic E-state index is -0.464. The second kappa shape index (κ2) is 11.1. The van der Waals surface area contributed by atoms with Gasteiger partial charge in [-0.3, -0.25) is 14.4 Å². The molecule has 7 nitrogen and oxygen atoms in total. The number of rotatable bonds is 5. The van der Waals surface area contributed by atoms with Crippen molar-refractivity contribution in [1.82, 2.24) is 9.47 Å². The van der Waals surface area contributed by atoms with Crippen molar-refractivity contribution in [3.8, 4) is 6.07 Å². The summed E-state index contributed by atoms with van der Waals surface area (Å²) >= 11 is 6.35.